The molecule has 1 atom stereocenters. The van der Waals surface area contributed by atoms with E-state index >= 15 is 0 Å². The molecule has 160 valence electrons. The third-order valence-corrected chi connectivity index (χ3v) is 7.91. The molecule has 3 aliphatic rings. The number of aromatic nitrogens is 1. The monoisotopic (exact) mass is 408 g/mol. The summed E-state index contributed by atoms with van der Waals surface area (Å²) >= 11 is 0. The van der Waals surface area contributed by atoms with E-state index in [0.29, 0.717) is 0 Å². The van der Waals surface area contributed by atoms with Crippen LogP contribution in [0.4, 0.5) is 4.39 Å². The van der Waals surface area contributed by atoms with Crippen LogP contribution >= 0.6 is 0 Å². The second kappa shape index (κ2) is 8.05. The molecule has 3 nitrogen and oxygen atoms in total. The Balaban J connectivity index is 1.34. The molecule has 1 N–H and O–H groups in total. The van der Waals surface area contributed by atoms with Gasteiger partial charge in [0.15, 0.2) is 0 Å². The van der Waals surface area contributed by atoms with Crippen LogP contribution in [0.15, 0.2) is 48.7 Å². The van der Waals surface area contributed by atoms with Gasteiger partial charge < -0.3 is 10.1 Å². The van der Waals surface area contributed by atoms with Crippen LogP contribution in [0.25, 0.3) is 0 Å². The summed E-state index contributed by atoms with van der Waals surface area (Å²) in [6, 6.07) is 14.7. The van der Waals surface area contributed by atoms with E-state index in [1.54, 1.807) is 0 Å². The van der Waals surface area contributed by atoms with Crippen LogP contribution in [0.2, 0.25) is 0 Å². The van der Waals surface area contributed by atoms with Crippen molar-refractivity contribution in [3.8, 4) is 0 Å². The molecule has 4 heteroatoms. The van der Waals surface area contributed by atoms with Crippen LogP contribution in [0.3, 0.4) is 0 Å². The van der Waals surface area contributed by atoms with Crippen molar-refractivity contribution in [1.82, 2.24) is 10.3 Å². The SMILES string of the molecule is FCC1(NCC[C@@]2(c3ccccn3)CCOC3(CCCC3)C2)Cc2ccccc2C1. The van der Waals surface area contributed by atoms with Crippen LogP contribution in [0.1, 0.15) is 61.8 Å². The maximum absolute atomic E-state index is 14.2. The Morgan fingerprint density at radius 1 is 0.967 bits per heavy atom. The Morgan fingerprint density at radius 2 is 1.70 bits per heavy atom. The van der Waals surface area contributed by atoms with E-state index in [2.05, 4.69) is 41.7 Å². The molecule has 1 aromatic heterocycles. The van der Waals surface area contributed by atoms with Crippen molar-refractivity contribution >= 4 is 0 Å². The molecule has 0 unspecified atom stereocenters. The lowest BCUT2D eigenvalue weighted by molar-refractivity contribution is -0.104. The summed E-state index contributed by atoms with van der Waals surface area (Å²) in [5.74, 6) is 0. The largest absolute Gasteiger partial charge is 0.375 e. The molecule has 2 aromatic rings. The van der Waals surface area contributed by atoms with Gasteiger partial charge in [-0.2, -0.15) is 0 Å². The van der Waals surface area contributed by atoms with Gasteiger partial charge >= 0.3 is 0 Å². The summed E-state index contributed by atoms with van der Waals surface area (Å²) in [6.45, 7) is 1.28. The van der Waals surface area contributed by atoms with Crippen molar-refractivity contribution in [3.05, 3.63) is 65.5 Å². The zero-order chi connectivity index (χ0) is 20.5. The molecule has 1 saturated carbocycles. The Kier molecular flexibility index (Phi) is 5.40. The first-order valence-electron chi connectivity index (χ1n) is 11.6. The highest BCUT2D eigenvalue weighted by Crippen LogP contribution is 2.49. The van der Waals surface area contributed by atoms with Gasteiger partial charge in [0, 0.05) is 23.9 Å². The fourth-order valence-electron chi connectivity index (χ4n) is 6.32. The number of hydrogen-bond acceptors (Lipinski definition) is 3. The maximum Gasteiger partial charge on any atom is 0.108 e. The van der Waals surface area contributed by atoms with Crippen LogP contribution in [-0.4, -0.2) is 36.0 Å². The van der Waals surface area contributed by atoms with Crippen molar-refractivity contribution in [2.75, 3.05) is 19.8 Å². The summed E-state index contributed by atoms with van der Waals surface area (Å²) in [4.78, 5) is 4.79. The zero-order valence-electron chi connectivity index (χ0n) is 17.8. The molecular weight excluding hydrogens is 375 g/mol. The highest BCUT2D eigenvalue weighted by atomic mass is 19.1. The molecule has 1 aliphatic heterocycles. The first kappa shape index (κ1) is 20.1. The molecule has 0 radical (unpaired) electrons. The van der Waals surface area contributed by atoms with E-state index in [0.717, 1.165) is 45.3 Å². The third kappa shape index (κ3) is 3.69. The van der Waals surface area contributed by atoms with Gasteiger partial charge in [-0.25, -0.2) is 4.39 Å². The Hall–Kier alpha value is -1.78. The number of rotatable bonds is 6. The van der Waals surface area contributed by atoms with E-state index < -0.39 is 5.54 Å². The molecular formula is C26H33FN2O. The van der Waals surface area contributed by atoms with Crippen molar-refractivity contribution in [2.45, 2.75) is 74.3 Å². The molecule has 2 aliphatic carbocycles. The average molecular weight is 409 g/mol. The Bertz CT molecular complexity index is 839. The second-order valence-electron chi connectivity index (χ2n) is 9.87. The molecule has 0 amide bonds. The molecule has 5 rings (SSSR count). The van der Waals surface area contributed by atoms with E-state index in [1.165, 1.54) is 42.5 Å². The highest BCUT2D eigenvalue weighted by molar-refractivity contribution is 5.36. The van der Waals surface area contributed by atoms with E-state index in [4.69, 9.17) is 9.72 Å². The number of benzene rings is 1. The smallest absolute Gasteiger partial charge is 0.108 e. The minimum Gasteiger partial charge on any atom is -0.375 e. The van der Waals surface area contributed by atoms with Gasteiger partial charge in [0.25, 0.3) is 0 Å². The average Bonchev–Trinajstić information content (AvgIpc) is 3.39. The van der Waals surface area contributed by atoms with E-state index in [-0.39, 0.29) is 17.7 Å². The second-order valence-corrected chi connectivity index (χ2v) is 9.87. The summed E-state index contributed by atoms with van der Waals surface area (Å²) in [5, 5.41) is 3.67. The molecule has 2 fully saturated rings. The standard InChI is InChI=1S/C26H33FN2O/c27-20-25(17-21-7-1-2-8-22(21)18-25)29-15-12-24(23-9-3-6-14-28-23)13-16-30-26(19-24)10-4-5-11-26/h1-3,6-9,14,29H,4-5,10-13,15-20H2/t24-/m1/s1. The lowest BCUT2D eigenvalue weighted by Crippen LogP contribution is -2.52. The van der Waals surface area contributed by atoms with Gasteiger partial charge in [0.2, 0.25) is 0 Å². The van der Waals surface area contributed by atoms with Gasteiger partial charge in [-0.05, 0) is 74.8 Å². The number of ether oxygens (including phenoxy) is 1. The maximum atomic E-state index is 14.2. The third-order valence-electron chi connectivity index (χ3n) is 7.91. The van der Waals surface area contributed by atoms with Crippen molar-refractivity contribution in [1.29, 1.82) is 0 Å². The fraction of sp³-hybridized carbons (Fsp3) is 0.577. The number of halogens is 1. The van der Waals surface area contributed by atoms with Gasteiger partial charge in [0.1, 0.15) is 6.67 Å². The molecule has 30 heavy (non-hydrogen) atoms. The number of nitrogens with zero attached hydrogens (tertiary/aromatic N) is 1. The predicted molar refractivity (Wildman–Crippen MR) is 117 cm³/mol. The predicted octanol–water partition coefficient (Wildman–Crippen LogP) is 4.93. The van der Waals surface area contributed by atoms with Crippen LogP contribution < -0.4 is 5.32 Å². The van der Waals surface area contributed by atoms with E-state index in [9.17, 15) is 4.39 Å². The molecule has 1 aromatic carbocycles. The van der Waals surface area contributed by atoms with Gasteiger partial charge in [-0.1, -0.05) is 43.2 Å². The minimum absolute atomic E-state index is 0.0137. The number of alkyl halides is 1. The number of nitrogens with one attached hydrogen (secondary N) is 1. The van der Waals surface area contributed by atoms with E-state index in [1.807, 2.05) is 12.3 Å². The highest BCUT2D eigenvalue weighted by Gasteiger charge is 2.48. The molecule has 2 heterocycles. The summed E-state index contributed by atoms with van der Waals surface area (Å²) in [6.07, 6.45) is 11.4. The lowest BCUT2D eigenvalue weighted by Gasteiger charge is -2.47. The Labute approximate surface area is 179 Å². The Morgan fingerprint density at radius 3 is 2.37 bits per heavy atom. The van der Waals surface area contributed by atoms with Gasteiger partial charge in [-0.3, -0.25) is 4.98 Å². The van der Waals surface area contributed by atoms with Crippen LogP contribution in [-0.2, 0) is 23.0 Å². The molecule has 0 bridgehead atoms. The van der Waals surface area contributed by atoms with Crippen molar-refractivity contribution < 1.29 is 9.13 Å². The lowest BCUT2D eigenvalue weighted by atomic mass is 9.68. The van der Waals surface area contributed by atoms with Gasteiger partial charge in [-0.15, -0.1) is 0 Å². The first-order chi connectivity index (χ1) is 14.7. The minimum atomic E-state index is -0.453. The summed E-state index contributed by atoms with van der Waals surface area (Å²) in [7, 11) is 0. The summed E-state index contributed by atoms with van der Waals surface area (Å²) < 4.78 is 20.6. The number of fused-ring (bicyclic) bond motifs is 1. The quantitative estimate of drug-likeness (QED) is 0.736. The topological polar surface area (TPSA) is 34.2 Å². The van der Waals surface area contributed by atoms with Crippen LogP contribution in [0, 0.1) is 0 Å². The zero-order valence-corrected chi connectivity index (χ0v) is 17.8. The number of pyridine rings is 1. The first-order valence-corrected chi connectivity index (χ1v) is 11.6. The van der Waals surface area contributed by atoms with Crippen LogP contribution in [0.5, 0.6) is 0 Å². The van der Waals surface area contributed by atoms with Crippen molar-refractivity contribution in [3.63, 3.8) is 0 Å². The normalized spacial score (nSPS) is 26.7. The van der Waals surface area contributed by atoms with Crippen molar-refractivity contribution in [2.24, 2.45) is 0 Å². The van der Waals surface area contributed by atoms with Gasteiger partial charge in [0.05, 0.1) is 11.1 Å². The molecule has 1 spiro atoms. The molecule has 1 saturated heterocycles. The number of hydrogen-bond donors (Lipinski definition) is 1. The summed E-state index contributed by atoms with van der Waals surface area (Å²) in [5.41, 5.74) is 3.35. The fourth-order valence-corrected chi connectivity index (χ4v) is 6.32.